The molecule has 0 atom stereocenters. The molecule has 4 nitrogen and oxygen atoms in total. The van der Waals surface area contributed by atoms with Gasteiger partial charge < -0.3 is 13.9 Å². The molecule has 0 fully saturated rings. The van der Waals surface area contributed by atoms with Crippen molar-refractivity contribution in [3.63, 3.8) is 0 Å². The van der Waals surface area contributed by atoms with Crippen molar-refractivity contribution in [3.05, 3.63) is 62.7 Å². The number of rotatable bonds is 6. The second-order valence-corrected chi connectivity index (χ2v) is 7.17. The zero-order valence-electron chi connectivity index (χ0n) is 13.6. The molecule has 0 spiro atoms. The number of benzene rings is 2. The molecule has 2 aromatic carbocycles. The van der Waals surface area contributed by atoms with Gasteiger partial charge >= 0.3 is 5.97 Å². The zero-order valence-corrected chi connectivity index (χ0v) is 16.7. The van der Waals surface area contributed by atoms with Crippen molar-refractivity contribution in [1.82, 2.24) is 0 Å². The first kappa shape index (κ1) is 18.0. The standard InChI is InChI=1S/C19H16Br2O4/c1-2-23-18(22)9-12-5-3-4-6-17(12)24-11-15-8-13-7-14(20)10-16(21)19(13)25-15/h3-8,10H,2,9,11H2,1H3. The molecule has 25 heavy (non-hydrogen) atoms. The first-order valence-electron chi connectivity index (χ1n) is 7.80. The first-order chi connectivity index (χ1) is 12.1. The van der Waals surface area contributed by atoms with Gasteiger partial charge in [0.05, 0.1) is 17.5 Å². The molecule has 0 unspecified atom stereocenters. The third kappa shape index (κ3) is 4.44. The molecule has 0 radical (unpaired) electrons. The number of carbonyl (C=O) groups is 1. The normalized spacial score (nSPS) is 10.8. The summed E-state index contributed by atoms with van der Waals surface area (Å²) in [4.78, 5) is 11.7. The van der Waals surface area contributed by atoms with Crippen molar-refractivity contribution in [2.45, 2.75) is 20.0 Å². The van der Waals surface area contributed by atoms with E-state index in [0.29, 0.717) is 18.1 Å². The van der Waals surface area contributed by atoms with Crippen LogP contribution in [0.1, 0.15) is 18.2 Å². The van der Waals surface area contributed by atoms with E-state index in [-0.39, 0.29) is 19.0 Å². The first-order valence-corrected chi connectivity index (χ1v) is 9.39. The summed E-state index contributed by atoms with van der Waals surface area (Å²) in [6.45, 7) is 2.43. The van der Waals surface area contributed by atoms with Gasteiger partial charge in [0.15, 0.2) is 0 Å². The van der Waals surface area contributed by atoms with Gasteiger partial charge in [-0.3, -0.25) is 4.79 Å². The van der Waals surface area contributed by atoms with Crippen LogP contribution in [0.3, 0.4) is 0 Å². The number of ether oxygens (including phenoxy) is 2. The van der Waals surface area contributed by atoms with E-state index < -0.39 is 0 Å². The molecule has 3 aromatic rings. The maximum Gasteiger partial charge on any atom is 0.310 e. The Labute approximate surface area is 162 Å². The minimum atomic E-state index is -0.268. The summed E-state index contributed by atoms with van der Waals surface area (Å²) in [6.07, 6.45) is 0.183. The monoisotopic (exact) mass is 466 g/mol. The van der Waals surface area contributed by atoms with E-state index in [1.165, 1.54) is 0 Å². The molecular formula is C19H16Br2O4. The summed E-state index contributed by atoms with van der Waals surface area (Å²) in [7, 11) is 0. The number of hydrogen-bond donors (Lipinski definition) is 0. The lowest BCUT2D eigenvalue weighted by molar-refractivity contribution is -0.142. The number of carbonyl (C=O) groups excluding carboxylic acids is 1. The topological polar surface area (TPSA) is 48.7 Å². The molecule has 0 saturated carbocycles. The summed E-state index contributed by atoms with van der Waals surface area (Å²) in [5.41, 5.74) is 1.57. The average Bonchev–Trinajstić information content (AvgIpc) is 2.97. The van der Waals surface area contributed by atoms with E-state index in [2.05, 4.69) is 31.9 Å². The molecule has 0 bridgehead atoms. The van der Waals surface area contributed by atoms with Crippen LogP contribution < -0.4 is 4.74 Å². The summed E-state index contributed by atoms with van der Waals surface area (Å²) < 4.78 is 18.6. The molecule has 0 aliphatic rings. The fraction of sp³-hybridized carbons (Fsp3) is 0.211. The van der Waals surface area contributed by atoms with Crippen molar-refractivity contribution >= 4 is 48.8 Å². The maximum absolute atomic E-state index is 11.7. The zero-order chi connectivity index (χ0) is 17.8. The third-order valence-electron chi connectivity index (χ3n) is 3.57. The van der Waals surface area contributed by atoms with Crippen LogP contribution in [0.25, 0.3) is 11.0 Å². The van der Waals surface area contributed by atoms with Crippen molar-refractivity contribution in [2.75, 3.05) is 6.61 Å². The number of furan rings is 1. The Morgan fingerprint density at radius 1 is 1.16 bits per heavy atom. The van der Waals surface area contributed by atoms with Crippen LogP contribution in [0.15, 0.2) is 55.8 Å². The Balaban J connectivity index is 1.76. The smallest absolute Gasteiger partial charge is 0.310 e. The minimum absolute atomic E-state index is 0.183. The second kappa shape index (κ2) is 8.06. The fourth-order valence-corrected chi connectivity index (χ4v) is 3.85. The number of halogens is 2. The highest BCUT2D eigenvalue weighted by molar-refractivity contribution is 9.11. The largest absolute Gasteiger partial charge is 0.485 e. The number of hydrogen-bond acceptors (Lipinski definition) is 4. The van der Waals surface area contributed by atoms with Gasteiger partial charge in [0, 0.05) is 15.4 Å². The second-order valence-electron chi connectivity index (χ2n) is 5.40. The van der Waals surface area contributed by atoms with Crippen LogP contribution >= 0.6 is 31.9 Å². The number of fused-ring (bicyclic) bond motifs is 1. The van der Waals surface area contributed by atoms with Gasteiger partial charge in [-0.2, -0.15) is 0 Å². The Hall–Kier alpha value is -1.79. The van der Waals surface area contributed by atoms with Gasteiger partial charge in [0.1, 0.15) is 23.7 Å². The van der Waals surface area contributed by atoms with E-state index in [4.69, 9.17) is 13.9 Å². The van der Waals surface area contributed by atoms with E-state index in [0.717, 1.165) is 25.5 Å². The van der Waals surface area contributed by atoms with E-state index >= 15 is 0 Å². The summed E-state index contributed by atoms with van der Waals surface area (Å²) in [5.74, 6) is 1.09. The maximum atomic E-state index is 11.7. The van der Waals surface area contributed by atoms with Crippen LogP contribution in [-0.2, 0) is 22.6 Å². The van der Waals surface area contributed by atoms with Gasteiger partial charge in [-0.15, -0.1) is 0 Å². The van der Waals surface area contributed by atoms with Gasteiger partial charge in [0.2, 0.25) is 0 Å². The van der Waals surface area contributed by atoms with E-state index in [9.17, 15) is 4.79 Å². The number of esters is 1. The molecule has 0 N–H and O–H groups in total. The highest BCUT2D eigenvalue weighted by Gasteiger charge is 2.12. The molecule has 1 aromatic heterocycles. The van der Waals surface area contributed by atoms with Crippen LogP contribution in [-0.4, -0.2) is 12.6 Å². The SMILES string of the molecule is CCOC(=O)Cc1ccccc1OCc1cc2cc(Br)cc(Br)c2o1. The molecule has 0 saturated heterocycles. The van der Waals surface area contributed by atoms with Crippen LogP contribution in [0, 0.1) is 0 Å². The quantitative estimate of drug-likeness (QED) is 0.440. The van der Waals surface area contributed by atoms with Crippen molar-refractivity contribution < 1.29 is 18.7 Å². The van der Waals surface area contributed by atoms with Crippen LogP contribution in [0.2, 0.25) is 0 Å². The van der Waals surface area contributed by atoms with E-state index in [1.54, 1.807) is 6.92 Å². The summed E-state index contributed by atoms with van der Waals surface area (Å²) >= 11 is 6.96. The lowest BCUT2D eigenvalue weighted by Crippen LogP contribution is -2.09. The Bertz CT molecular complexity index is 902. The average molecular weight is 468 g/mol. The van der Waals surface area contributed by atoms with Crippen LogP contribution in [0.5, 0.6) is 5.75 Å². The lowest BCUT2D eigenvalue weighted by atomic mass is 10.1. The van der Waals surface area contributed by atoms with Gasteiger partial charge in [-0.25, -0.2) is 0 Å². The molecule has 3 rings (SSSR count). The minimum Gasteiger partial charge on any atom is -0.485 e. The van der Waals surface area contributed by atoms with Crippen molar-refractivity contribution in [1.29, 1.82) is 0 Å². The molecule has 6 heteroatoms. The van der Waals surface area contributed by atoms with Gasteiger partial charge in [-0.05, 0) is 47.1 Å². The molecule has 0 aliphatic carbocycles. The Morgan fingerprint density at radius 3 is 2.76 bits per heavy atom. The fourth-order valence-electron chi connectivity index (χ4n) is 2.51. The predicted molar refractivity (Wildman–Crippen MR) is 103 cm³/mol. The summed E-state index contributed by atoms with van der Waals surface area (Å²) in [5, 5.41) is 0.986. The molecule has 1 heterocycles. The van der Waals surface area contributed by atoms with Crippen molar-refractivity contribution in [3.8, 4) is 5.75 Å². The van der Waals surface area contributed by atoms with Gasteiger partial charge in [-0.1, -0.05) is 34.1 Å². The predicted octanol–water partition coefficient (Wildman–Crippen LogP) is 5.64. The van der Waals surface area contributed by atoms with Gasteiger partial charge in [0.25, 0.3) is 0 Å². The lowest BCUT2D eigenvalue weighted by Gasteiger charge is -2.10. The Kier molecular flexibility index (Phi) is 5.81. The highest BCUT2D eigenvalue weighted by Crippen LogP contribution is 2.31. The van der Waals surface area contributed by atoms with Crippen molar-refractivity contribution in [2.24, 2.45) is 0 Å². The van der Waals surface area contributed by atoms with E-state index in [1.807, 2.05) is 42.5 Å². The molecule has 130 valence electrons. The molecule has 0 aliphatic heterocycles. The molecular weight excluding hydrogens is 452 g/mol. The third-order valence-corrected chi connectivity index (χ3v) is 4.62. The number of para-hydroxylation sites is 1. The van der Waals surface area contributed by atoms with Crippen LogP contribution in [0.4, 0.5) is 0 Å². The Morgan fingerprint density at radius 2 is 1.96 bits per heavy atom. The molecule has 0 amide bonds. The summed E-state index contributed by atoms with van der Waals surface area (Å²) in [6, 6.07) is 13.3. The highest BCUT2D eigenvalue weighted by atomic mass is 79.9.